The lowest BCUT2D eigenvalue weighted by atomic mass is 10.2. The summed E-state index contributed by atoms with van der Waals surface area (Å²) in [5.41, 5.74) is 1.60. The Hall–Kier alpha value is -2.01. The molecule has 2 aromatic heterocycles. The summed E-state index contributed by atoms with van der Waals surface area (Å²) in [5.74, 6) is 0.581. The largest absolute Gasteiger partial charge is 0.495 e. The van der Waals surface area contributed by atoms with Gasteiger partial charge in [0.25, 0.3) is 0 Å². The highest BCUT2D eigenvalue weighted by Gasteiger charge is 2.14. The number of methoxy groups -OCH3 is 1. The van der Waals surface area contributed by atoms with Crippen LogP contribution >= 0.6 is 11.6 Å². The number of nitrogens with zero attached hydrogens (tertiary/aromatic N) is 2. The van der Waals surface area contributed by atoms with E-state index in [-0.39, 0.29) is 5.43 Å². The summed E-state index contributed by atoms with van der Waals surface area (Å²) in [6.45, 7) is 0. The molecule has 3 rings (SSSR count). The van der Waals surface area contributed by atoms with Crippen molar-refractivity contribution >= 4 is 33.5 Å². The lowest BCUT2D eigenvalue weighted by Gasteiger charge is -2.07. The van der Waals surface area contributed by atoms with E-state index in [4.69, 9.17) is 16.3 Å². The summed E-state index contributed by atoms with van der Waals surface area (Å²) in [7, 11) is 3.27. The molecule has 0 aliphatic heterocycles. The lowest BCUT2D eigenvalue weighted by molar-refractivity contribution is 0.419. The van der Waals surface area contributed by atoms with Gasteiger partial charge < -0.3 is 9.72 Å². The molecule has 0 aliphatic carbocycles. The fourth-order valence-electron chi connectivity index (χ4n) is 2.13. The van der Waals surface area contributed by atoms with Gasteiger partial charge in [0.1, 0.15) is 11.3 Å². The van der Waals surface area contributed by atoms with E-state index in [2.05, 4.69) is 10.1 Å². The van der Waals surface area contributed by atoms with Crippen LogP contribution < -0.4 is 10.2 Å². The number of halogens is 1. The van der Waals surface area contributed by atoms with Crippen molar-refractivity contribution in [3.63, 3.8) is 0 Å². The number of aromatic amines is 1. The smallest absolute Gasteiger partial charge is 0.216 e. The molecule has 1 aromatic carbocycles. The molecule has 0 bridgehead atoms. The zero-order valence-electron chi connectivity index (χ0n) is 9.82. The number of pyridine rings is 1. The molecule has 0 radical (unpaired) electrons. The molecule has 0 saturated carbocycles. The molecule has 0 spiro atoms. The average molecular weight is 264 g/mol. The lowest BCUT2D eigenvalue weighted by Crippen LogP contribution is -2.09. The fraction of sp³-hybridized carbons (Fsp3) is 0.167. The summed E-state index contributed by atoms with van der Waals surface area (Å²) < 4.78 is 6.77. The van der Waals surface area contributed by atoms with Crippen molar-refractivity contribution in [2.24, 2.45) is 7.05 Å². The Balaban J connectivity index is 2.65. The first-order valence-corrected chi connectivity index (χ1v) is 5.71. The van der Waals surface area contributed by atoms with Crippen LogP contribution in [-0.2, 0) is 7.05 Å². The number of aryl methyl sites for hydroxylation is 1. The Morgan fingerprint density at radius 1 is 1.44 bits per heavy atom. The van der Waals surface area contributed by atoms with Gasteiger partial charge in [-0.3, -0.25) is 9.48 Å². The van der Waals surface area contributed by atoms with Gasteiger partial charge in [-0.1, -0.05) is 11.6 Å². The molecule has 3 aromatic rings. The zero-order chi connectivity index (χ0) is 12.9. The third-order valence-electron chi connectivity index (χ3n) is 2.98. The van der Waals surface area contributed by atoms with Crippen LogP contribution in [0.5, 0.6) is 5.75 Å². The minimum atomic E-state index is -0.150. The maximum absolute atomic E-state index is 12.4. The predicted molar refractivity (Wildman–Crippen MR) is 70.4 cm³/mol. The van der Waals surface area contributed by atoms with Crippen molar-refractivity contribution in [2.45, 2.75) is 0 Å². The Labute approximate surface area is 107 Å². The zero-order valence-corrected chi connectivity index (χ0v) is 10.6. The Bertz CT molecular complexity index is 819. The van der Waals surface area contributed by atoms with Gasteiger partial charge in [-0.15, -0.1) is 0 Å². The van der Waals surface area contributed by atoms with Crippen LogP contribution in [0.1, 0.15) is 0 Å². The molecule has 0 aliphatic rings. The number of H-pyrrole nitrogens is 1. The molecule has 6 heteroatoms. The summed E-state index contributed by atoms with van der Waals surface area (Å²) in [4.78, 5) is 15.6. The van der Waals surface area contributed by atoms with Crippen LogP contribution in [0.3, 0.4) is 0 Å². The van der Waals surface area contributed by atoms with E-state index in [0.717, 1.165) is 0 Å². The topological polar surface area (TPSA) is 59.9 Å². The number of hydrogen-bond acceptors (Lipinski definition) is 3. The van der Waals surface area contributed by atoms with Crippen LogP contribution in [0.25, 0.3) is 21.9 Å². The van der Waals surface area contributed by atoms with E-state index in [1.54, 1.807) is 32.5 Å². The summed E-state index contributed by atoms with van der Waals surface area (Å²) in [5, 5.41) is 4.89. The van der Waals surface area contributed by atoms with E-state index in [9.17, 15) is 4.79 Å². The van der Waals surface area contributed by atoms with Gasteiger partial charge in [0, 0.05) is 7.05 Å². The van der Waals surface area contributed by atoms with Gasteiger partial charge in [-0.25, -0.2) is 0 Å². The number of hydrogen-bond donors (Lipinski definition) is 1. The molecule has 0 unspecified atom stereocenters. The molecule has 18 heavy (non-hydrogen) atoms. The summed E-state index contributed by atoms with van der Waals surface area (Å²) >= 11 is 6.11. The number of fused-ring (bicyclic) bond motifs is 2. The molecule has 2 heterocycles. The fourth-order valence-corrected chi connectivity index (χ4v) is 2.37. The van der Waals surface area contributed by atoms with Crippen molar-refractivity contribution in [1.82, 2.24) is 14.8 Å². The SMILES string of the molecule is COc1ccc(Cl)c2c(=O)c3c(cnn3C)[nH]c12. The van der Waals surface area contributed by atoms with Crippen LogP contribution in [0.2, 0.25) is 5.02 Å². The van der Waals surface area contributed by atoms with E-state index in [0.29, 0.717) is 32.7 Å². The normalized spacial score (nSPS) is 11.3. The van der Waals surface area contributed by atoms with Crippen LogP contribution in [0.4, 0.5) is 0 Å². The van der Waals surface area contributed by atoms with Gasteiger partial charge in [0.2, 0.25) is 5.43 Å². The van der Waals surface area contributed by atoms with Crippen LogP contribution in [0.15, 0.2) is 23.1 Å². The maximum atomic E-state index is 12.4. The first kappa shape index (κ1) is 11.1. The van der Waals surface area contributed by atoms with Crippen molar-refractivity contribution in [2.75, 3.05) is 7.11 Å². The Kier molecular flexibility index (Phi) is 2.31. The Morgan fingerprint density at radius 3 is 2.94 bits per heavy atom. The van der Waals surface area contributed by atoms with E-state index in [1.807, 2.05) is 0 Å². The number of nitrogens with one attached hydrogen (secondary N) is 1. The van der Waals surface area contributed by atoms with E-state index in [1.165, 1.54) is 4.68 Å². The molecular formula is C12H10ClN3O2. The van der Waals surface area contributed by atoms with Gasteiger partial charge in [-0.2, -0.15) is 5.10 Å². The van der Waals surface area contributed by atoms with Gasteiger partial charge in [0.15, 0.2) is 0 Å². The third-order valence-corrected chi connectivity index (χ3v) is 3.29. The van der Waals surface area contributed by atoms with Crippen molar-refractivity contribution in [3.8, 4) is 5.75 Å². The minimum Gasteiger partial charge on any atom is -0.495 e. The third kappa shape index (κ3) is 1.34. The highest BCUT2D eigenvalue weighted by Crippen LogP contribution is 2.29. The van der Waals surface area contributed by atoms with Crippen molar-refractivity contribution in [1.29, 1.82) is 0 Å². The second-order valence-electron chi connectivity index (χ2n) is 3.98. The van der Waals surface area contributed by atoms with Crippen molar-refractivity contribution < 1.29 is 4.74 Å². The molecule has 0 atom stereocenters. The van der Waals surface area contributed by atoms with Crippen LogP contribution in [-0.4, -0.2) is 21.9 Å². The number of rotatable bonds is 1. The number of benzene rings is 1. The first-order chi connectivity index (χ1) is 8.63. The molecule has 0 fully saturated rings. The predicted octanol–water partition coefficient (Wildman–Crippen LogP) is 2.08. The van der Waals surface area contributed by atoms with Gasteiger partial charge in [0.05, 0.1) is 34.7 Å². The van der Waals surface area contributed by atoms with Crippen LogP contribution in [0, 0.1) is 0 Å². The summed E-state index contributed by atoms with van der Waals surface area (Å²) in [6.07, 6.45) is 1.61. The van der Waals surface area contributed by atoms with Crippen molar-refractivity contribution in [3.05, 3.63) is 33.6 Å². The summed E-state index contributed by atoms with van der Waals surface area (Å²) in [6, 6.07) is 3.38. The number of ether oxygens (including phenoxy) is 1. The minimum absolute atomic E-state index is 0.150. The van der Waals surface area contributed by atoms with E-state index >= 15 is 0 Å². The average Bonchev–Trinajstić information content (AvgIpc) is 2.72. The second kappa shape index (κ2) is 3.74. The molecule has 1 N–H and O–H groups in total. The highest BCUT2D eigenvalue weighted by molar-refractivity contribution is 6.35. The quantitative estimate of drug-likeness (QED) is 0.731. The standard InChI is InChI=1S/C12H10ClN3O2/c1-16-11-7(5-14-16)15-10-8(18-2)4-3-6(13)9(10)12(11)17/h3-5H,1-2H3,(H,15,17). The highest BCUT2D eigenvalue weighted by atomic mass is 35.5. The van der Waals surface area contributed by atoms with Gasteiger partial charge >= 0.3 is 0 Å². The maximum Gasteiger partial charge on any atom is 0.216 e. The molecule has 0 amide bonds. The first-order valence-electron chi connectivity index (χ1n) is 5.33. The molecule has 92 valence electrons. The van der Waals surface area contributed by atoms with E-state index < -0.39 is 0 Å². The molecule has 5 nitrogen and oxygen atoms in total. The molecular weight excluding hydrogens is 254 g/mol. The second-order valence-corrected chi connectivity index (χ2v) is 4.39. The molecule has 0 saturated heterocycles. The van der Waals surface area contributed by atoms with Gasteiger partial charge in [-0.05, 0) is 12.1 Å². The monoisotopic (exact) mass is 263 g/mol. The Morgan fingerprint density at radius 2 is 2.22 bits per heavy atom. The number of aromatic nitrogens is 3.